The molecule has 1 fully saturated rings. The van der Waals surface area contributed by atoms with Crippen molar-refractivity contribution in [1.82, 2.24) is 10.6 Å². The number of carbonyl (C=O) groups excluding carboxylic acids is 1. The summed E-state index contributed by atoms with van der Waals surface area (Å²) in [6.45, 7) is 7.26. The number of aliphatic hydroxyl groups is 1. The van der Waals surface area contributed by atoms with Crippen molar-refractivity contribution in [2.24, 2.45) is 0 Å². The number of carbonyl (C=O) groups is 1. The monoisotopic (exact) mass is 272 g/mol. The standard InChI is InChI=1S/C14H28N2O3/c1-13(2,3)19-12(17)16-10-9-15-11-14(18)7-5-4-6-8-14/h15,18H,4-11H2,1-3H3,(H,16,17). The van der Waals surface area contributed by atoms with E-state index in [0.717, 1.165) is 25.7 Å². The Labute approximate surface area is 116 Å². The van der Waals surface area contributed by atoms with Gasteiger partial charge in [-0.15, -0.1) is 0 Å². The van der Waals surface area contributed by atoms with Gasteiger partial charge in [0.05, 0.1) is 5.60 Å². The normalized spacial score (nSPS) is 18.9. The third-order valence-corrected chi connectivity index (χ3v) is 3.21. The van der Waals surface area contributed by atoms with Gasteiger partial charge in [0.25, 0.3) is 0 Å². The Kier molecular flexibility index (Phi) is 6.07. The zero-order chi connectivity index (χ0) is 14.4. The van der Waals surface area contributed by atoms with Crippen molar-refractivity contribution in [1.29, 1.82) is 0 Å². The van der Waals surface area contributed by atoms with Crippen LogP contribution in [0.1, 0.15) is 52.9 Å². The number of ether oxygens (including phenoxy) is 1. The number of nitrogens with one attached hydrogen (secondary N) is 2. The molecule has 1 aliphatic carbocycles. The summed E-state index contributed by atoms with van der Waals surface area (Å²) in [4.78, 5) is 11.4. The molecule has 0 heterocycles. The molecule has 0 atom stereocenters. The maximum Gasteiger partial charge on any atom is 0.407 e. The second-order valence-electron chi connectivity index (χ2n) is 6.39. The van der Waals surface area contributed by atoms with Crippen LogP contribution in [0.4, 0.5) is 4.79 Å². The summed E-state index contributed by atoms with van der Waals surface area (Å²) in [6.07, 6.45) is 4.79. The molecule has 1 amide bonds. The molecule has 0 aromatic carbocycles. The predicted molar refractivity (Wildman–Crippen MR) is 75.1 cm³/mol. The van der Waals surface area contributed by atoms with Crippen molar-refractivity contribution in [2.45, 2.75) is 64.1 Å². The number of amides is 1. The van der Waals surface area contributed by atoms with Gasteiger partial charge in [-0.1, -0.05) is 19.3 Å². The number of hydrogen-bond acceptors (Lipinski definition) is 4. The summed E-state index contributed by atoms with van der Waals surface area (Å²) >= 11 is 0. The topological polar surface area (TPSA) is 70.6 Å². The van der Waals surface area contributed by atoms with Gasteiger partial charge in [0.2, 0.25) is 0 Å². The second-order valence-corrected chi connectivity index (χ2v) is 6.39. The molecule has 1 rings (SSSR count). The first kappa shape index (κ1) is 16.2. The number of hydrogen-bond donors (Lipinski definition) is 3. The fourth-order valence-corrected chi connectivity index (χ4v) is 2.27. The van der Waals surface area contributed by atoms with Crippen LogP contribution in [0.2, 0.25) is 0 Å². The van der Waals surface area contributed by atoms with Crippen molar-refractivity contribution >= 4 is 6.09 Å². The second kappa shape index (κ2) is 7.10. The molecule has 1 aliphatic rings. The fraction of sp³-hybridized carbons (Fsp3) is 0.929. The Morgan fingerprint density at radius 3 is 2.42 bits per heavy atom. The van der Waals surface area contributed by atoms with Gasteiger partial charge in [-0.05, 0) is 33.6 Å². The van der Waals surface area contributed by atoms with Gasteiger partial charge in [0.15, 0.2) is 0 Å². The Balaban J connectivity index is 2.06. The lowest BCUT2D eigenvalue weighted by Crippen LogP contribution is -2.44. The summed E-state index contributed by atoms with van der Waals surface area (Å²) in [7, 11) is 0. The van der Waals surface area contributed by atoms with Gasteiger partial charge in [-0.3, -0.25) is 0 Å². The van der Waals surface area contributed by atoms with Crippen molar-refractivity contribution in [3.05, 3.63) is 0 Å². The molecule has 0 aromatic heterocycles. The van der Waals surface area contributed by atoms with Gasteiger partial charge in [0.1, 0.15) is 5.60 Å². The molecule has 0 spiro atoms. The Morgan fingerprint density at radius 2 is 1.84 bits per heavy atom. The van der Waals surface area contributed by atoms with Gasteiger partial charge < -0.3 is 20.5 Å². The highest BCUT2D eigenvalue weighted by atomic mass is 16.6. The van der Waals surface area contributed by atoms with Crippen LogP contribution in [0.3, 0.4) is 0 Å². The van der Waals surface area contributed by atoms with Crippen LogP contribution >= 0.6 is 0 Å². The highest BCUT2D eigenvalue weighted by molar-refractivity contribution is 5.67. The van der Waals surface area contributed by atoms with Gasteiger partial charge in [-0.2, -0.15) is 0 Å². The SMILES string of the molecule is CC(C)(C)OC(=O)NCCNCC1(O)CCCCC1. The molecule has 0 bridgehead atoms. The third-order valence-electron chi connectivity index (χ3n) is 3.21. The van der Waals surface area contributed by atoms with E-state index < -0.39 is 17.3 Å². The molecule has 112 valence electrons. The molecule has 0 saturated heterocycles. The lowest BCUT2D eigenvalue weighted by atomic mass is 9.85. The smallest absolute Gasteiger partial charge is 0.407 e. The Bertz CT molecular complexity index is 281. The van der Waals surface area contributed by atoms with Gasteiger partial charge in [0, 0.05) is 19.6 Å². The molecule has 5 nitrogen and oxygen atoms in total. The molecular weight excluding hydrogens is 244 g/mol. The Hall–Kier alpha value is -0.810. The Morgan fingerprint density at radius 1 is 1.21 bits per heavy atom. The van der Waals surface area contributed by atoms with Crippen LogP contribution in [0.15, 0.2) is 0 Å². The first-order valence-electron chi connectivity index (χ1n) is 7.21. The van der Waals surface area contributed by atoms with E-state index in [-0.39, 0.29) is 0 Å². The quantitative estimate of drug-likeness (QED) is 0.667. The molecule has 0 radical (unpaired) electrons. The average molecular weight is 272 g/mol. The van der Waals surface area contributed by atoms with Crippen LogP contribution in [0.25, 0.3) is 0 Å². The maximum atomic E-state index is 11.4. The van der Waals surface area contributed by atoms with Crippen molar-refractivity contribution in [3.63, 3.8) is 0 Å². The van der Waals surface area contributed by atoms with E-state index in [1.807, 2.05) is 20.8 Å². The van der Waals surface area contributed by atoms with Crippen LogP contribution < -0.4 is 10.6 Å². The van der Waals surface area contributed by atoms with E-state index in [9.17, 15) is 9.90 Å². The molecule has 19 heavy (non-hydrogen) atoms. The summed E-state index contributed by atoms with van der Waals surface area (Å²) < 4.78 is 5.13. The van der Waals surface area contributed by atoms with Crippen molar-refractivity contribution in [2.75, 3.05) is 19.6 Å². The van der Waals surface area contributed by atoms with E-state index in [1.54, 1.807) is 0 Å². The van der Waals surface area contributed by atoms with Crippen LogP contribution in [-0.2, 0) is 4.74 Å². The molecule has 0 aliphatic heterocycles. The summed E-state index contributed by atoms with van der Waals surface area (Å²) in [5.41, 5.74) is -1.01. The van der Waals surface area contributed by atoms with Crippen LogP contribution in [0, 0.1) is 0 Å². The van der Waals surface area contributed by atoms with E-state index >= 15 is 0 Å². The lowest BCUT2D eigenvalue weighted by molar-refractivity contribution is 0.00516. The zero-order valence-electron chi connectivity index (χ0n) is 12.4. The maximum absolute atomic E-state index is 11.4. The zero-order valence-corrected chi connectivity index (χ0v) is 12.4. The molecule has 3 N–H and O–H groups in total. The molecule has 0 unspecified atom stereocenters. The largest absolute Gasteiger partial charge is 0.444 e. The van der Waals surface area contributed by atoms with Crippen molar-refractivity contribution < 1.29 is 14.6 Å². The van der Waals surface area contributed by atoms with E-state index in [4.69, 9.17) is 4.74 Å². The molecule has 1 saturated carbocycles. The highest BCUT2D eigenvalue weighted by Gasteiger charge is 2.28. The first-order valence-corrected chi connectivity index (χ1v) is 7.21. The van der Waals surface area contributed by atoms with E-state index in [1.165, 1.54) is 6.42 Å². The third kappa shape index (κ3) is 7.38. The number of rotatable bonds is 5. The molecular formula is C14H28N2O3. The van der Waals surface area contributed by atoms with Crippen LogP contribution in [0.5, 0.6) is 0 Å². The molecule has 0 aromatic rings. The van der Waals surface area contributed by atoms with E-state index in [2.05, 4.69) is 10.6 Å². The van der Waals surface area contributed by atoms with Gasteiger partial charge >= 0.3 is 6.09 Å². The number of alkyl carbamates (subject to hydrolysis) is 1. The summed E-state index contributed by atoms with van der Waals surface area (Å²) in [6, 6.07) is 0. The average Bonchev–Trinajstić information content (AvgIpc) is 2.27. The minimum atomic E-state index is -0.551. The summed E-state index contributed by atoms with van der Waals surface area (Å²) in [5.74, 6) is 0. The van der Waals surface area contributed by atoms with Crippen LogP contribution in [-0.4, -0.2) is 42.0 Å². The lowest BCUT2D eigenvalue weighted by Gasteiger charge is -2.32. The van der Waals surface area contributed by atoms with Gasteiger partial charge in [-0.25, -0.2) is 4.79 Å². The van der Waals surface area contributed by atoms with E-state index in [0.29, 0.717) is 19.6 Å². The fourth-order valence-electron chi connectivity index (χ4n) is 2.27. The minimum absolute atomic E-state index is 0.398. The summed E-state index contributed by atoms with van der Waals surface area (Å²) in [5, 5.41) is 16.1. The first-order chi connectivity index (χ1) is 8.81. The van der Waals surface area contributed by atoms with Crippen molar-refractivity contribution in [3.8, 4) is 0 Å². The minimum Gasteiger partial charge on any atom is -0.444 e. The molecule has 5 heteroatoms. The highest BCUT2D eigenvalue weighted by Crippen LogP contribution is 2.27. The predicted octanol–water partition coefficient (Wildman–Crippen LogP) is 1.80.